The van der Waals surface area contributed by atoms with Crippen molar-refractivity contribution in [3.63, 3.8) is 0 Å². The van der Waals surface area contributed by atoms with E-state index >= 15 is 0 Å². The lowest BCUT2D eigenvalue weighted by Gasteiger charge is -2.19. The highest BCUT2D eigenvalue weighted by atomic mass is 16.7. The molecule has 0 radical (unpaired) electrons. The highest BCUT2D eigenvalue weighted by molar-refractivity contribution is 5.48. The average Bonchev–Trinajstić information content (AvgIpc) is 3.20. The summed E-state index contributed by atoms with van der Waals surface area (Å²) in [6.07, 6.45) is 2.56. The fourth-order valence-electron chi connectivity index (χ4n) is 3.16. The van der Waals surface area contributed by atoms with Gasteiger partial charge < -0.3 is 14.2 Å². The number of ether oxygens (including phenoxy) is 3. The van der Waals surface area contributed by atoms with E-state index in [0.29, 0.717) is 6.61 Å². The van der Waals surface area contributed by atoms with Gasteiger partial charge in [0.25, 0.3) is 0 Å². The summed E-state index contributed by atoms with van der Waals surface area (Å²) in [5, 5.41) is 0. The van der Waals surface area contributed by atoms with Crippen LogP contribution in [0.3, 0.4) is 0 Å². The maximum absolute atomic E-state index is 6.32. The van der Waals surface area contributed by atoms with E-state index in [-0.39, 0.29) is 12.9 Å². The maximum atomic E-state index is 6.32. The Kier molecular flexibility index (Phi) is 5.22. The van der Waals surface area contributed by atoms with Crippen LogP contribution >= 0.6 is 0 Å². The Morgan fingerprint density at radius 1 is 0.889 bits per heavy atom. The Bertz CT molecular complexity index is 901. The van der Waals surface area contributed by atoms with Gasteiger partial charge in [0.05, 0.1) is 12.7 Å². The predicted octanol–water partition coefficient (Wildman–Crippen LogP) is 5.56. The minimum atomic E-state index is -0.0747. The van der Waals surface area contributed by atoms with E-state index in [1.54, 1.807) is 0 Å². The van der Waals surface area contributed by atoms with Crippen LogP contribution in [0, 0.1) is 0 Å². The first kappa shape index (κ1) is 17.4. The molecule has 0 saturated carbocycles. The second kappa shape index (κ2) is 8.11. The SMILES string of the molecule is C=Cc1ccc(CC(OCc2ccccc2)c2ccc3c(c2)OCO3)cc1. The van der Waals surface area contributed by atoms with Gasteiger partial charge in [-0.1, -0.05) is 73.3 Å². The third-order valence-electron chi connectivity index (χ3n) is 4.70. The molecule has 0 fully saturated rings. The molecule has 136 valence electrons. The quantitative estimate of drug-likeness (QED) is 0.553. The minimum Gasteiger partial charge on any atom is -0.454 e. The summed E-state index contributed by atoms with van der Waals surface area (Å²) in [6, 6.07) is 24.7. The summed E-state index contributed by atoms with van der Waals surface area (Å²) in [4.78, 5) is 0. The molecule has 1 heterocycles. The molecule has 3 aromatic rings. The molecule has 1 aliphatic rings. The van der Waals surface area contributed by atoms with Gasteiger partial charge in [0.2, 0.25) is 6.79 Å². The molecule has 0 bridgehead atoms. The Labute approximate surface area is 159 Å². The van der Waals surface area contributed by atoms with E-state index in [1.165, 1.54) is 5.56 Å². The largest absolute Gasteiger partial charge is 0.454 e. The molecule has 0 amide bonds. The van der Waals surface area contributed by atoms with Crippen molar-refractivity contribution >= 4 is 6.08 Å². The van der Waals surface area contributed by atoms with Gasteiger partial charge >= 0.3 is 0 Å². The fraction of sp³-hybridized carbons (Fsp3) is 0.167. The molecule has 0 spiro atoms. The van der Waals surface area contributed by atoms with Crippen LogP contribution in [0.4, 0.5) is 0 Å². The molecule has 3 nitrogen and oxygen atoms in total. The number of hydrogen-bond acceptors (Lipinski definition) is 3. The lowest BCUT2D eigenvalue weighted by atomic mass is 9.99. The molecular weight excluding hydrogens is 336 g/mol. The van der Waals surface area contributed by atoms with Crippen molar-refractivity contribution in [1.29, 1.82) is 0 Å². The Morgan fingerprint density at radius 2 is 1.67 bits per heavy atom. The molecule has 3 heteroatoms. The van der Waals surface area contributed by atoms with Crippen LogP contribution in [0.5, 0.6) is 11.5 Å². The summed E-state index contributed by atoms with van der Waals surface area (Å²) >= 11 is 0. The van der Waals surface area contributed by atoms with Crippen molar-refractivity contribution in [3.8, 4) is 11.5 Å². The molecule has 0 aromatic heterocycles. The van der Waals surface area contributed by atoms with E-state index < -0.39 is 0 Å². The van der Waals surface area contributed by atoms with E-state index in [9.17, 15) is 0 Å². The number of benzene rings is 3. The molecule has 1 aliphatic heterocycles. The van der Waals surface area contributed by atoms with E-state index in [1.807, 2.05) is 36.4 Å². The van der Waals surface area contributed by atoms with Gasteiger partial charge in [0, 0.05) is 6.42 Å². The van der Waals surface area contributed by atoms with Crippen LogP contribution in [0.15, 0.2) is 79.4 Å². The Morgan fingerprint density at radius 3 is 2.44 bits per heavy atom. The van der Waals surface area contributed by atoms with Crippen molar-refractivity contribution in [3.05, 3.63) is 102 Å². The second-order valence-electron chi connectivity index (χ2n) is 6.55. The summed E-state index contributed by atoms with van der Waals surface area (Å²) in [5.74, 6) is 1.57. The maximum Gasteiger partial charge on any atom is 0.231 e. The van der Waals surface area contributed by atoms with Crippen molar-refractivity contribution < 1.29 is 14.2 Å². The third kappa shape index (κ3) is 4.21. The molecule has 3 aromatic carbocycles. The highest BCUT2D eigenvalue weighted by Gasteiger charge is 2.19. The van der Waals surface area contributed by atoms with Crippen molar-refractivity contribution in [2.45, 2.75) is 19.1 Å². The van der Waals surface area contributed by atoms with Crippen molar-refractivity contribution in [2.24, 2.45) is 0 Å². The van der Waals surface area contributed by atoms with Gasteiger partial charge in [-0.2, -0.15) is 0 Å². The van der Waals surface area contributed by atoms with Crippen LogP contribution in [0.1, 0.15) is 28.4 Å². The van der Waals surface area contributed by atoms with E-state index in [2.05, 4.69) is 49.0 Å². The molecular formula is C24H22O3. The number of rotatable bonds is 7. The van der Waals surface area contributed by atoms with Crippen LogP contribution < -0.4 is 9.47 Å². The normalized spacial score (nSPS) is 13.3. The van der Waals surface area contributed by atoms with Crippen LogP contribution in [0.2, 0.25) is 0 Å². The van der Waals surface area contributed by atoms with Gasteiger partial charge in [-0.05, 0) is 34.4 Å². The molecule has 0 aliphatic carbocycles. The molecule has 1 unspecified atom stereocenters. The second-order valence-corrected chi connectivity index (χ2v) is 6.55. The smallest absolute Gasteiger partial charge is 0.231 e. The van der Waals surface area contributed by atoms with Gasteiger partial charge in [-0.15, -0.1) is 0 Å². The lowest BCUT2D eigenvalue weighted by molar-refractivity contribution is 0.0398. The van der Waals surface area contributed by atoms with Gasteiger partial charge in [-0.25, -0.2) is 0 Å². The zero-order valence-electron chi connectivity index (χ0n) is 15.1. The molecule has 0 saturated heterocycles. The zero-order valence-corrected chi connectivity index (χ0v) is 15.1. The van der Waals surface area contributed by atoms with E-state index in [0.717, 1.165) is 34.6 Å². The summed E-state index contributed by atoms with van der Waals surface area (Å²) < 4.78 is 17.3. The summed E-state index contributed by atoms with van der Waals surface area (Å²) in [7, 11) is 0. The van der Waals surface area contributed by atoms with Crippen LogP contribution in [0.25, 0.3) is 6.08 Å². The first-order chi connectivity index (χ1) is 13.3. The minimum absolute atomic E-state index is 0.0747. The summed E-state index contributed by atoms with van der Waals surface area (Å²) in [5.41, 5.74) is 4.58. The van der Waals surface area contributed by atoms with Gasteiger partial charge in [0.1, 0.15) is 0 Å². The number of hydrogen-bond donors (Lipinski definition) is 0. The van der Waals surface area contributed by atoms with Crippen LogP contribution in [-0.4, -0.2) is 6.79 Å². The Hall–Kier alpha value is -3.04. The molecule has 4 rings (SSSR count). The first-order valence-corrected chi connectivity index (χ1v) is 9.08. The van der Waals surface area contributed by atoms with Gasteiger partial charge in [-0.3, -0.25) is 0 Å². The number of fused-ring (bicyclic) bond motifs is 1. The Balaban J connectivity index is 1.56. The highest BCUT2D eigenvalue weighted by Crippen LogP contribution is 2.36. The molecule has 1 atom stereocenters. The van der Waals surface area contributed by atoms with Crippen LogP contribution in [-0.2, 0) is 17.8 Å². The van der Waals surface area contributed by atoms with Gasteiger partial charge in [0.15, 0.2) is 11.5 Å². The monoisotopic (exact) mass is 358 g/mol. The van der Waals surface area contributed by atoms with Crippen molar-refractivity contribution in [1.82, 2.24) is 0 Å². The average molecular weight is 358 g/mol. The third-order valence-corrected chi connectivity index (χ3v) is 4.70. The lowest BCUT2D eigenvalue weighted by Crippen LogP contribution is -2.08. The topological polar surface area (TPSA) is 27.7 Å². The fourth-order valence-corrected chi connectivity index (χ4v) is 3.16. The first-order valence-electron chi connectivity index (χ1n) is 9.08. The van der Waals surface area contributed by atoms with Crippen molar-refractivity contribution in [2.75, 3.05) is 6.79 Å². The predicted molar refractivity (Wildman–Crippen MR) is 107 cm³/mol. The molecule has 27 heavy (non-hydrogen) atoms. The van der Waals surface area contributed by atoms with E-state index in [4.69, 9.17) is 14.2 Å². The standard InChI is InChI=1S/C24H22O3/c1-2-18-8-10-19(11-9-18)14-23(25-16-20-6-4-3-5-7-20)21-12-13-22-24(15-21)27-17-26-22/h2-13,15,23H,1,14,16-17H2. The summed E-state index contributed by atoms with van der Waals surface area (Å²) in [6.45, 7) is 4.65. The molecule has 0 N–H and O–H groups in total. The zero-order chi connectivity index (χ0) is 18.5.